The monoisotopic (exact) mass is 423 g/mol. The van der Waals surface area contributed by atoms with E-state index in [2.05, 4.69) is 14.5 Å². The maximum Gasteiger partial charge on any atom is 0.250 e. The number of halogens is 1. The quantitative estimate of drug-likeness (QED) is 0.498. The SMILES string of the molecule is Cc1c(C(N)=O)cc(-c2csc(-c3cnccn3)n2)n1CCc1ccc(Cl)cc1. The molecule has 1 aromatic carbocycles. The number of aromatic nitrogens is 4. The predicted octanol–water partition coefficient (Wildman–Crippen LogP) is 4.37. The Balaban J connectivity index is 1.69. The van der Waals surface area contributed by atoms with Crippen LogP contribution in [0, 0.1) is 6.92 Å². The number of primary amides is 1. The highest BCUT2D eigenvalue weighted by molar-refractivity contribution is 7.13. The number of nitrogens with zero attached hydrogens (tertiary/aromatic N) is 4. The summed E-state index contributed by atoms with van der Waals surface area (Å²) in [6.45, 7) is 2.59. The molecule has 0 fully saturated rings. The number of carbonyl (C=O) groups is 1. The smallest absolute Gasteiger partial charge is 0.250 e. The molecule has 0 aliphatic carbocycles. The van der Waals surface area contributed by atoms with Crippen molar-refractivity contribution in [2.45, 2.75) is 19.9 Å². The van der Waals surface area contributed by atoms with Gasteiger partial charge in [-0.15, -0.1) is 11.3 Å². The van der Waals surface area contributed by atoms with Crippen molar-refractivity contribution in [3.8, 4) is 22.1 Å². The van der Waals surface area contributed by atoms with Gasteiger partial charge in [-0.2, -0.15) is 0 Å². The van der Waals surface area contributed by atoms with Crippen LogP contribution < -0.4 is 5.73 Å². The molecule has 3 heterocycles. The number of rotatable bonds is 6. The molecule has 0 atom stereocenters. The number of amides is 1. The van der Waals surface area contributed by atoms with Gasteiger partial charge < -0.3 is 10.3 Å². The first-order valence-electron chi connectivity index (χ1n) is 8.99. The fourth-order valence-corrected chi connectivity index (χ4v) is 4.11. The Morgan fingerprint density at radius 1 is 1.21 bits per heavy atom. The summed E-state index contributed by atoms with van der Waals surface area (Å²) in [6.07, 6.45) is 5.74. The van der Waals surface area contributed by atoms with Crippen LogP contribution in [0.15, 0.2) is 54.3 Å². The molecular weight excluding hydrogens is 406 g/mol. The number of carbonyl (C=O) groups excluding carboxylic acids is 1. The topological polar surface area (TPSA) is 86.7 Å². The number of hydrogen-bond acceptors (Lipinski definition) is 5. The van der Waals surface area contributed by atoms with Gasteiger partial charge >= 0.3 is 0 Å². The second-order valence-electron chi connectivity index (χ2n) is 6.55. The summed E-state index contributed by atoms with van der Waals surface area (Å²) in [5.41, 5.74) is 10.4. The Labute approximate surface area is 177 Å². The van der Waals surface area contributed by atoms with E-state index in [4.69, 9.17) is 22.3 Å². The summed E-state index contributed by atoms with van der Waals surface area (Å²) in [4.78, 5) is 25.0. The third kappa shape index (κ3) is 4.06. The van der Waals surface area contributed by atoms with Crippen molar-refractivity contribution in [2.75, 3.05) is 0 Å². The molecule has 8 heteroatoms. The first-order valence-corrected chi connectivity index (χ1v) is 10.3. The first-order chi connectivity index (χ1) is 14.0. The van der Waals surface area contributed by atoms with Crippen LogP contribution in [0.5, 0.6) is 0 Å². The van der Waals surface area contributed by atoms with E-state index < -0.39 is 5.91 Å². The van der Waals surface area contributed by atoms with E-state index in [1.165, 1.54) is 11.3 Å². The zero-order valence-corrected chi connectivity index (χ0v) is 17.2. The molecule has 1 amide bonds. The van der Waals surface area contributed by atoms with Gasteiger partial charge in [-0.05, 0) is 37.1 Å². The van der Waals surface area contributed by atoms with E-state index >= 15 is 0 Å². The van der Waals surface area contributed by atoms with Gasteiger partial charge in [0.05, 0.1) is 23.1 Å². The lowest BCUT2D eigenvalue weighted by Crippen LogP contribution is -2.13. The molecule has 0 spiro atoms. The van der Waals surface area contributed by atoms with Crippen LogP contribution in [-0.4, -0.2) is 25.4 Å². The Morgan fingerprint density at radius 2 is 2.00 bits per heavy atom. The van der Waals surface area contributed by atoms with Gasteiger partial charge in [0.2, 0.25) is 0 Å². The summed E-state index contributed by atoms with van der Waals surface area (Å²) in [7, 11) is 0. The first kappa shape index (κ1) is 19.3. The summed E-state index contributed by atoms with van der Waals surface area (Å²) in [5, 5.41) is 3.45. The third-order valence-corrected chi connectivity index (χ3v) is 5.83. The van der Waals surface area contributed by atoms with Gasteiger partial charge in [-0.1, -0.05) is 23.7 Å². The van der Waals surface area contributed by atoms with Gasteiger partial charge in [-0.3, -0.25) is 14.8 Å². The minimum atomic E-state index is -0.446. The highest BCUT2D eigenvalue weighted by Gasteiger charge is 2.19. The lowest BCUT2D eigenvalue weighted by molar-refractivity contribution is 0.0999. The van der Waals surface area contributed by atoms with E-state index in [0.717, 1.165) is 39.8 Å². The molecule has 0 saturated carbocycles. The van der Waals surface area contributed by atoms with Crippen molar-refractivity contribution in [1.29, 1.82) is 0 Å². The van der Waals surface area contributed by atoms with Crippen LogP contribution in [-0.2, 0) is 13.0 Å². The van der Waals surface area contributed by atoms with Crippen molar-refractivity contribution in [3.05, 3.63) is 76.1 Å². The summed E-state index contributed by atoms with van der Waals surface area (Å²) in [6, 6.07) is 9.58. The molecule has 4 rings (SSSR count). The van der Waals surface area contributed by atoms with Crippen LogP contribution >= 0.6 is 22.9 Å². The Kier molecular flexibility index (Phi) is 5.42. The van der Waals surface area contributed by atoms with E-state index in [1.54, 1.807) is 18.6 Å². The highest BCUT2D eigenvalue weighted by atomic mass is 35.5. The number of thiazole rings is 1. The Morgan fingerprint density at radius 3 is 2.69 bits per heavy atom. The van der Waals surface area contributed by atoms with Crippen LogP contribution in [0.3, 0.4) is 0 Å². The molecule has 0 aliphatic heterocycles. The van der Waals surface area contributed by atoms with Crippen LogP contribution in [0.1, 0.15) is 21.6 Å². The van der Waals surface area contributed by atoms with E-state index in [-0.39, 0.29) is 0 Å². The van der Waals surface area contributed by atoms with Crippen LogP contribution in [0.25, 0.3) is 22.1 Å². The minimum Gasteiger partial charge on any atom is -0.366 e. The van der Waals surface area contributed by atoms with E-state index in [1.807, 2.05) is 42.6 Å². The van der Waals surface area contributed by atoms with Crippen LogP contribution in [0.4, 0.5) is 0 Å². The molecule has 6 nitrogen and oxygen atoms in total. The molecule has 4 aromatic rings. The number of benzene rings is 1. The molecule has 0 unspecified atom stereocenters. The molecular formula is C21H18ClN5OS. The van der Waals surface area contributed by atoms with Crippen molar-refractivity contribution in [1.82, 2.24) is 19.5 Å². The normalized spacial score (nSPS) is 11.0. The largest absolute Gasteiger partial charge is 0.366 e. The van der Waals surface area contributed by atoms with Gasteiger partial charge in [-0.25, -0.2) is 4.98 Å². The van der Waals surface area contributed by atoms with Crippen molar-refractivity contribution >= 4 is 28.8 Å². The number of hydrogen-bond donors (Lipinski definition) is 1. The molecule has 0 aliphatic rings. The summed E-state index contributed by atoms with van der Waals surface area (Å²) >= 11 is 7.47. The molecule has 0 saturated heterocycles. The van der Waals surface area contributed by atoms with E-state index in [9.17, 15) is 4.79 Å². The third-order valence-electron chi connectivity index (χ3n) is 4.72. The zero-order chi connectivity index (χ0) is 20.4. The molecule has 146 valence electrons. The van der Waals surface area contributed by atoms with Crippen molar-refractivity contribution < 1.29 is 4.79 Å². The molecule has 3 aromatic heterocycles. The number of aryl methyl sites for hydroxylation is 1. The standard InChI is InChI=1S/C21H18ClN5OS/c1-13-16(20(23)28)10-19(27(13)9-6-14-2-4-15(22)5-3-14)18-12-29-21(26-18)17-11-24-7-8-25-17/h2-5,7-8,10-12H,6,9H2,1H3,(H2,23,28). The Hall–Kier alpha value is -3.03. The molecule has 0 radical (unpaired) electrons. The average molecular weight is 424 g/mol. The second-order valence-corrected chi connectivity index (χ2v) is 7.84. The minimum absolute atomic E-state index is 0.446. The second kappa shape index (κ2) is 8.14. The van der Waals surface area contributed by atoms with Crippen molar-refractivity contribution in [2.24, 2.45) is 5.73 Å². The van der Waals surface area contributed by atoms with Gasteiger partial charge in [0.15, 0.2) is 0 Å². The molecule has 2 N–H and O–H groups in total. The van der Waals surface area contributed by atoms with Crippen LogP contribution in [0.2, 0.25) is 5.02 Å². The maximum absolute atomic E-state index is 11.9. The lowest BCUT2D eigenvalue weighted by Gasteiger charge is -2.11. The molecule has 29 heavy (non-hydrogen) atoms. The molecule has 0 bridgehead atoms. The maximum atomic E-state index is 11.9. The van der Waals surface area contributed by atoms with E-state index in [0.29, 0.717) is 17.1 Å². The highest BCUT2D eigenvalue weighted by Crippen LogP contribution is 2.30. The summed E-state index contributed by atoms with van der Waals surface area (Å²) < 4.78 is 2.09. The fourth-order valence-electron chi connectivity index (χ4n) is 3.21. The van der Waals surface area contributed by atoms with Gasteiger partial charge in [0.25, 0.3) is 5.91 Å². The fraction of sp³-hybridized carbons (Fsp3) is 0.143. The average Bonchev–Trinajstić information content (AvgIpc) is 3.33. The predicted molar refractivity (Wildman–Crippen MR) is 115 cm³/mol. The van der Waals surface area contributed by atoms with Gasteiger partial charge in [0.1, 0.15) is 10.7 Å². The summed E-state index contributed by atoms with van der Waals surface area (Å²) in [5.74, 6) is -0.446. The van der Waals surface area contributed by atoms with Gasteiger partial charge in [0, 0.05) is 35.0 Å². The lowest BCUT2D eigenvalue weighted by atomic mass is 10.1. The Bertz CT molecular complexity index is 1150. The number of nitrogens with two attached hydrogens (primary N) is 1. The van der Waals surface area contributed by atoms with Crippen molar-refractivity contribution in [3.63, 3.8) is 0 Å². The zero-order valence-electron chi connectivity index (χ0n) is 15.7.